The van der Waals surface area contributed by atoms with Gasteiger partial charge in [-0.25, -0.2) is 9.79 Å². The van der Waals surface area contributed by atoms with Gasteiger partial charge in [0.1, 0.15) is 5.75 Å². The number of halogens is 1. The van der Waals surface area contributed by atoms with E-state index in [-0.39, 0.29) is 12.2 Å². The van der Waals surface area contributed by atoms with Crippen LogP contribution in [0.15, 0.2) is 74.1 Å². The highest BCUT2D eigenvalue weighted by Crippen LogP contribution is 2.35. The van der Waals surface area contributed by atoms with Gasteiger partial charge in [-0.2, -0.15) is 0 Å². The van der Waals surface area contributed by atoms with Crippen molar-refractivity contribution in [1.29, 1.82) is 0 Å². The Morgan fingerprint density at radius 2 is 1.83 bits per heavy atom. The molecule has 0 amide bonds. The minimum Gasteiger partial charge on any atom is -0.496 e. The number of anilines is 1. The molecule has 8 nitrogen and oxygen atoms in total. The summed E-state index contributed by atoms with van der Waals surface area (Å²) in [6.45, 7) is 7.87. The number of thiazole rings is 1. The molecule has 10 heteroatoms. The Labute approximate surface area is 257 Å². The van der Waals surface area contributed by atoms with E-state index in [2.05, 4.69) is 69.6 Å². The number of hydrogen-bond acceptors (Lipinski definition) is 7. The molecule has 1 aliphatic rings. The number of esters is 1. The summed E-state index contributed by atoms with van der Waals surface area (Å²) in [4.78, 5) is 34.6. The average molecular weight is 650 g/mol. The van der Waals surface area contributed by atoms with E-state index in [1.165, 1.54) is 11.3 Å². The molecule has 2 aromatic carbocycles. The van der Waals surface area contributed by atoms with Crippen LogP contribution in [0.3, 0.4) is 0 Å². The Balaban J connectivity index is 1.66. The molecule has 0 unspecified atom stereocenters. The van der Waals surface area contributed by atoms with Crippen molar-refractivity contribution in [3.8, 4) is 11.4 Å². The second kappa shape index (κ2) is 11.8. The number of hydrogen-bond donors (Lipinski definition) is 0. The van der Waals surface area contributed by atoms with Crippen LogP contribution in [-0.2, 0) is 9.53 Å². The van der Waals surface area contributed by atoms with Gasteiger partial charge in [0, 0.05) is 36.9 Å². The van der Waals surface area contributed by atoms with Crippen LogP contribution >= 0.6 is 27.3 Å². The zero-order valence-electron chi connectivity index (χ0n) is 24.7. The lowest BCUT2D eigenvalue weighted by atomic mass is 9.96. The molecule has 0 radical (unpaired) electrons. The molecule has 0 saturated carbocycles. The predicted octanol–water partition coefficient (Wildman–Crippen LogP) is 5.04. The van der Waals surface area contributed by atoms with Crippen LogP contribution in [0.25, 0.3) is 11.8 Å². The molecule has 0 spiro atoms. The SMILES string of the molecule is CCOC(=O)C1=C(C)N=c2s/c(=C/c3cc(C)n(-c4ccc(N(C)C)cc4)c3C)c(=O)n2[C@H]1c1ccc(OC)c(Br)c1. The van der Waals surface area contributed by atoms with E-state index in [1.807, 2.05) is 38.4 Å². The van der Waals surface area contributed by atoms with Gasteiger partial charge in [0.2, 0.25) is 0 Å². The zero-order chi connectivity index (χ0) is 30.3. The van der Waals surface area contributed by atoms with Crippen LogP contribution in [0.4, 0.5) is 5.69 Å². The quantitative estimate of drug-likeness (QED) is 0.262. The van der Waals surface area contributed by atoms with Crippen LogP contribution in [0, 0.1) is 13.8 Å². The third-order valence-corrected chi connectivity index (χ3v) is 8.99. The number of fused-ring (bicyclic) bond motifs is 1. The highest BCUT2D eigenvalue weighted by Gasteiger charge is 2.33. The lowest BCUT2D eigenvalue weighted by Gasteiger charge is -2.25. The van der Waals surface area contributed by atoms with Crippen LogP contribution in [0.1, 0.15) is 42.4 Å². The van der Waals surface area contributed by atoms with Crippen LogP contribution in [0.2, 0.25) is 0 Å². The van der Waals surface area contributed by atoms with Gasteiger partial charge in [-0.3, -0.25) is 9.36 Å². The van der Waals surface area contributed by atoms with Crippen molar-refractivity contribution in [2.24, 2.45) is 4.99 Å². The first-order chi connectivity index (χ1) is 20.0. The van der Waals surface area contributed by atoms with Gasteiger partial charge in [0.25, 0.3) is 5.56 Å². The van der Waals surface area contributed by atoms with Crippen molar-refractivity contribution in [2.75, 3.05) is 32.7 Å². The maximum atomic E-state index is 14.1. The lowest BCUT2D eigenvalue weighted by Crippen LogP contribution is -2.40. The van der Waals surface area contributed by atoms with Gasteiger partial charge in [-0.05, 0) is 103 Å². The molecule has 0 fully saturated rings. The Morgan fingerprint density at radius 3 is 2.45 bits per heavy atom. The first-order valence-corrected chi connectivity index (χ1v) is 15.2. The fourth-order valence-corrected chi connectivity index (χ4v) is 6.93. The Hall–Kier alpha value is -3.89. The van der Waals surface area contributed by atoms with Crippen LogP contribution in [-0.4, -0.2) is 42.9 Å². The number of carbonyl (C=O) groups is 1. The minimum atomic E-state index is -0.702. The predicted molar refractivity (Wildman–Crippen MR) is 171 cm³/mol. The molecule has 1 atom stereocenters. The van der Waals surface area contributed by atoms with Gasteiger partial charge < -0.3 is 18.9 Å². The van der Waals surface area contributed by atoms with E-state index in [0.717, 1.165) is 33.9 Å². The second-order valence-corrected chi connectivity index (χ2v) is 12.1. The Kier molecular flexibility index (Phi) is 8.30. The van der Waals surface area contributed by atoms with E-state index in [4.69, 9.17) is 14.5 Å². The first-order valence-electron chi connectivity index (χ1n) is 13.6. The molecule has 5 rings (SSSR count). The van der Waals surface area contributed by atoms with Gasteiger partial charge in [0.05, 0.1) is 40.0 Å². The first kappa shape index (κ1) is 29.6. The normalized spacial score (nSPS) is 15.0. The summed E-state index contributed by atoms with van der Waals surface area (Å²) in [6.07, 6.45) is 1.92. The third kappa shape index (κ3) is 5.25. The molecule has 0 N–H and O–H groups in total. The van der Waals surface area contributed by atoms with E-state index >= 15 is 0 Å². The van der Waals surface area contributed by atoms with Gasteiger partial charge in [-0.15, -0.1) is 0 Å². The molecular formula is C32H33BrN4O4S. The largest absolute Gasteiger partial charge is 0.496 e. The molecule has 218 valence electrons. The molecule has 0 aliphatic carbocycles. The number of methoxy groups -OCH3 is 1. The molecule has 2 aromatic heterocycles. The molecule has 0 saturated heterocycles. The maximum absolute atomic E-state index is 14.1. The van der Waals surface area contributed by atoms with Crippen LogP contribution in [0.5, 0.6) is 5.75 Å². The van der Waals surface area contributed by atoms with Crippen molar-refractivity contribution < 1.29 is 14.3 Å². The fourth-order valence-electron chi connectivity index (χ4n) is 5.33. The minimum absolute atomic E-state index is 0.215. The summed E-state index contributed by atoms with van der Waals surface area (Å²) in [5, 5.41) is 0. The summed E-state index contributed by atoms with van der Waals surface area (Å²) in [6, 6.07) is 15.3. The highest BCUT2D eigenvalue weighted by atomic mass is 79.9. The van der Waals surface area contributed by atoms with Crippen molar-refractivity contribution in [1.82, 2.24) is 9.13 Å². The molecule has 1 aliphatic heterocycles. The van der Waals surface area contributed by atoms with Crippen molar-refractivity contribution in [3.05, 3.63) is 106 Å². The monoisotopic (exact) mass is 648 g/mol. The highest BCUT2D eigenvalue weighted by molar-refractivity contribution is 9.10. The van der Waals surface area contributed by atoms with Crippen molar-refractivity contribution in [2.45, 2.75) is 33.7 Å². The van der Waals surface area contributed by atoms with Crippen molar-refractivity contribution >= 4 is 45.0 Å². The summed E-state index contributed by atoms with van der Waals surface area (Å²) in [5.74, 6) is 0.157. The maximum Gasteiger partial charge on any atom is 0.338 e. The third-order valence-electron chi connectivity index (χ3n) is 7.39. The van der Waals surface area contributed by atoms with E-state index in [0.29, 0.717) is 30.8 Å². The number of aromatic nitrogens is 2. The number of rotatable bonds is 7. The van der Waals surface area contributed by atoms with Crippen LogP contribution < -0.4 is 24.5 Å². The van der Waals surface area contributed by atoms with Gasteiger partial charge in [-0.1, -0.05) is 17.4 Å². The van der Waals surface area contributed by atoms with Crippen molar-refractivity contribution in [3.63, 3.8) is 0 Å². The smallest absolute Gasteiger partial charge is 0.338 e. The summed E-state index contributed by atoms with van der Waals surface area (Å²) >= 11 is 4.87. The number of carbonyl (C=O) groups excluding carboxylic acids is 1. The molecule has 4 aromatic rings. The van der Waals surface area contributed by atoms with E-state index in [1.54, 1.807) is 25.5 Å². The number of ether oxygens (including phenoxy) is 2. The van der Waals surface area contributed by atoms with Gasteiger partial charge >= 0.3 is 5.97 Å². The van der Waals surface area contributed by atoms with E-state index < -0.39 is 12.0 Å². The molecule has 42 heavy (non-hydrogen) atoms. The average Bonchev–Trinajstić information content (AvgIpc) is 3.41. The Morgan fingerprint density at radius 1 is 1.12 bits per heavy atom. The van der Waals surface area contributed by atoms with Gasteiger partial charge in [0.15, 0.2) is 4.80 Å². The number of nitrogens with zero attached hydrogens (tertiary/aromatic N) is 4. The topological polar surface area (TPSA) is 78.1 Å². The Bertz CT molecular complexity index is 1900. The fraction of sp³-hybridized carbons (Fsp3) is 0.281. The molecular weight excluding hydrogens is 616 g/mol. The van der Waals surface area contributed by atoms with E-state index in [9.17, 15) is 9.59 Å². The molecule has 3 heterocycles. The zero-order valence-corrected chi connectivity index (χ0v) is 27.1. The number of aryl methyl sites for hydroxylation is 1. The summed E-state index contributed by atoms with van der Waals surface area (Å²) in [7, 11) is 5.63. The number of benzene rings is 2. The summed E-state index contributed by atoms with van der Waals surface area (Å²) < 4.78 is 15.9. The summed E-state index contributed by atoms with van der Waals surface area (Å²) in [5.41, 5.74) is 6.59. The standard InChI is InChI=1S/C32H33BrN4O4S/c1-8-41-31(39)28-19(3)34-32-37(29(28)21-9-14-26(40-7)25(33)16-21)30(38)27(42-32)17-22-15-18(2)36(20(22)4)24-12-10-23(11-13-24)35(5)6/h9-17,29H,8H2,1-7H3/b27-17+/t29-/m0/s1. The number of allylic oxidation sites excluding steroid dienone is 1. The lowest BCUT2D eigenvalue weighted by molar-refractivity contribution is -0.139. The second-order valence-electron chi connectivity index (χ2n) is 10.3. The molecule has 0 bridgehead atoms.